The van der Waals surface area contributed by atoms with Crippen molar-refractivity contribution in [2.45, 2.75) is 20.8 Å². The first-order valence-electron chi connectivity index (χ1n) is 5.74. The quantitative estimate of drug-likeness (QED) is 0.532. The van der Waals surface area contributed by atoms with Crippen LogP contribution in [-0.2, 0) is 0 Å². The Balaban J connectivity index is 2.78. The first-order chi connectivity index (χ1) is 8.41. The molecule has 0 fully saturated rings. The average Bonchev–Trinajstić information content (AvgIpc) is 2.29. The predicted octanol–water partition coefficient (Wildman–Crippen LogP) is 3.40. The molecule has 3 nitrogen and oxygen atoms in total. The summed E-state index contributed by atoms with van der Waals surface area (Å²) >= 11 is 0. The molecule has 18 heavy (non-hydrogen) atoms. The maximum atomic E-state index is 10.1. The van der Waals surface area contributed by atoms with Crippen molar-refractivity contribution in [1.82, 2.24) is 0 Å². The molecule has 3 heteroatoms. The SMILES string of the molecule is Cc1ccc(-c2c(O)c(C)cc(O)c2O)c(C)c1. The van der Waals surface area contributed by atoms with Crippen LogP contribution >= 0.6 is 0 Å². The molecule has 0 bridgehead atoms. The van der Waals surface area contributed by atoms with E-state index in [2.05, 4.69) is 0 Å². The van der Waals surface area contributed by atoms with E-state index in [-0.39, 0.29) is 22.8 Å². The zero-order valence-corrected chi connectivity index (χ0v) is 10.7. The Hall–Kier alpha value is -2.16. The molecular formula is C15H16O3. The van der Waals surface area contributed by atoms with E-state index in [1.807, 2.05) is 32.0 Å². The molecule has 0 aliphatic heterocycles. The molecule has 0 unspecified atom stereocenters. The van der Waals surface area contributed by atoms with Gasteiger partial charge in [-0.15, -0.1) is 0 Å². The minimum absolute atomic E-state index is 0.00254. The normalized spacial score (nSPS) is 10.6. The van der Waals surface area contributed by atoms with Crippen LogP contribution in [0.25, 0.3) is 11.1 Å². The number of phenols is 3. The highest BCUT2D eigenvalue weighted by Crippen LogP contribution is 2.45. The average molecular weight is 244 g/mol. The van der Waals surface area contributed by atoms with Gasteiger partial charge in [0, 0.05) is 0 Å². The third-order valence-electron chi connectivity index (χ3n) is 3.09. The van der Waals surface area contributed by atoms with E-state index in [9.17, 15) is 15.3 Å². The van der Waals surface area contributed by atoms with Gasteiger partial charge in [-0.2, -0.15) is 0 Å². The molecule has 2 aromatic carbocycles. The first-order valence-corrected chi connectivity index (χ1v) is 5.74. The van der Waals surface area contributed by atoms with Crippen molar-refractivity contribution in [1.29, 1.82) is 0 Å². The maximum absolute atomic E-state index is 10.1. The Kier molecular flexibility index (Phi) is 2.91. The second kappa shape index (κ2) is 4.26. The summed E-state index contributed by atoms with van der Waals surface area (Å²) in [6.07, 6.45) is 0. The number of phenolic OH excluding ortho intramolecular Hbond substituents is 3. The lowest BCUT2D eigenvalue weighted by Crippen LogP contribution is -1.89. The van der Waals surface area contributed by atoms with Crippen LogP contribution in [0.5, 0.6) is 17.2 Å². The lowest BCUT2D eigenvalue weighted by atomic mass is 9.95. The van der Waals surface area contributed by atoms with Gasteiger partial charge in [-0.25, -0.2) is 0 Å². The van der Waals surface area contributed by atoms with Gasteiger partial charge in [0.05, 0.1) is 5.56 Å². The lowest BCUT2D eigenvalue weighted by Gasteiger charge is -2.14. The summed E-state index contributed by atoms with van der Waals surface area (Å²) < 4.78 is 0. The molecule has 0 radical (unpaired) electrons. The van der Waals surface area contributed by atoms with E-state index in [0.29, 0.717) is 5.56 Å². The summed E-state index contributed by atoms with van der Waals surface area (Å²) in [7, 11) is 0. The van der Waals surface area contributed by atoms with E-state index in [1.54, 1.807) is 6.92 Å². The molecule has 0 atom stereocenters. The standard InChI is InChI=1S/C15H16O3/c1-8-4-5-11(9(2)6-8)13-14(17)10(3)7-12(16)15(13)18/h4-7,16-18H,1-3H3. The summed E-state index contributed by atoms with van der Waals surface area (Å²) in [4.78, 5) is 0. The topological polar surface area (TPSA) is 60.7 Å². The van der Waals surface area contributed by atoms with E-state index >= 15 is 0 Å². The van der Waals surface area contributed by atoms with Gasteiger partial charge >= 0.3 is 0 Å². The number of hydrogen-bond donors (Lipinski definition) is 3. The van der Waals surface area contributed by atoms with Crippen LogP contribution in [0.2, 0.25) is 0 Å². The number of rotatable bonds is 1. The van der Waals surface area contributed by atoms with Crippen LogP contribution in [-0.4, -0.2) is 15.3 Å². The highest BCUT2D eigenvalue weighted by Gasteiger charge is 2.18. The predicted molar refractivity (Wildman–Crippen MR) is 71.1 cm³/mol. The van der Waals surface area contributed by atoms with Gasteiger partial charge in [-0.05, 0) is 43.5 Å². The summed E-state index contributed by atoms with van der Waals surface area (Å²) in [6.45, 7) is 5.56. The molecule has 2 rings (SSSR count). The van der Waals surface area contributed by atoms with Crippen molar-refractivity contribution in [3.8, 4) is 28.4 Å². The van der Waals surface area contributed by atoms with Crippen molar-refractivity contribution < 1.29 is 15.3 Å². The fourth-order valence-electron chi connectivity index (χ4n) is 2.13. The third-order valence-corrected chi connectivity index (χ3v) is 3.09. The molecule has 0 spiro atoms. The Labute approximate surface area is 106 Å². The molecule has 0 saturated carbocycles. The Morgan fingerprint density at radius 3 is 2.06 bits per heavy atom. The number of hydrogen-bond acceptors (Lipinski definition) is 3. The maximum Gasteiger partial charge on any atom is 0.169 e. The van der Waals surface area contributed by atoms with Gasteiger partial charge in [0.15, 0.2) is 11.5 Å². The van der Waals surface area contributed by atoms with Gasteiger partial charge in [0.25, 0.3) is 0 Å². The highest BCUT2D eigenvalue weighted by atomic mass is 16.3. The Bertz CT molecular complexity index is 589. The van der Waals surface area contributed by atoms with Gasteiger partial charge in [-0.3, -0.25) is 0 Å². The van der Waals surface area contributed by atoms with Crippen LogP contribution < -0.4 is 0 Å². The van der Waals surface area contributed by atoms with Crippen molar-refractivity contribution >= 4 is 0 Å². The highest BCUT2D eigenvalue weighted by molar-refractivity contribution is 5.82. The molecule has 0 saturated heterocycles. The van der Waals surface area contributed by atoms with Crippen molar-refractivity contribution in [2.75, 3.05) is 0 Å². The second-order valence-corrected chi connectivity index (χ2v) is 4.60. The molecular weight excluding hydrogens is 228 g/mol. The molecule has 2 aromatic rings. The smallest absolute Gasteiger partial charge is 0.169 e. The first kappa shape index (κ1) is 12.3. The van der Waals surface area contributed by atoms with Crippen molar-refractivity contribution in [3.63, 3.8) is 0 Å². The van der Waals surface area contributed by atoms with Gasteiger partial charge < -0.3 is 15.3 Å². The molecule has 0 aromatic heterocycles. The third kappa shape index (κ3) is 1.88. The van der Waals surface area contributed by atoms with E-state index in [0.717, 1.165) is 16.7 Å². The van der Waals surface area contributed by atoms with Crippen LogP contribution in [0.1, 0.15) is 16.7 Å². The van der Waals surface area contributed by atoms with E-state index in [4.69, 9.17) is 0 Å². The van der Waals surface area contributed by atoms with Crippen molar-refractivity contribution in [2.24, 2.45) is 0 Å². The summed E-state index contributed by atoms with van der Waals surface area (Å²) in [5.74, 6) is -0.511. The molecule has 94 valence electrons. The number of aryl methyl sites for hydroxylation is 3. The molecule has 0 aliphatic carbocycles. The van der Waals surface area contributed by atoms with E-state index in [1.165, 1.54) is 6.07 Å². The molecule has 0 amide bonds. The molecule has 3 N–H and O–H groups in total. The van der Waals surface area contributed by atoms with Gasteiger partial charge in [0.1, 0.15) is 5.75 Å². The summed E-state index contributed by atoms with van der Waals surface area (Å²) in [5.41, 5.74) is 3.57. The summed E-state index contributed by atoms with van der Waals surface area (Å²) in [5, 5.41) is 29.7. The van der Waals surface area contributed by atoms with Crippen molar-refractivity contribution in [3.05, 3.63) is 41.0 Å². The molecule has 0 aliphatic rings. The molecule has 0 heterocycles. The summed E-state index contributed by atoms with van der Waals surface area (Å²) in [6, 6.07) is 7.05. The Morgan fingerprint density at radius 2 is 1.44 bits per heavy atom. The van der Waals surface area contributed by atoms with Crippen LogP contribution in [0.15, 0.2) is 24.3 Å². The number of benzene rings is 2. The Morgan fingerprint density at radius 1 is 0.778 bits per heavy atom. The lowest BCUT2D eigenvalue weighted by molar-refractivity contribution is 0.397. The zero-order valence-electron chi connectivity index (χ0n) is 10.7. The zero-order chi connectivity index (χ0) is 13.4. The van der Waals surface area contributed by atoms with E-state index < -0.39 is 0 Å². The second-order valence-electron chi connectivity index (χ2n) is 4.60. The minimum atomic E-state index is -0.287. The van der Waals surface area contributed by atoms with Gasteiger partial charge in [-0.1, -0.05) is 23.8 Å². The van der Waals surface area contributed by atoms with Crippen LogP contribution in [0, 0.1) is 20.8 Å². The largest absolute Gasteiger partial charge is 0.507 e. The van der Waals surface area contributed by atoms with Gasteiger partial charge in [0.2, 0.25) is 0 Å². The monoisotopic (exact) mass is 244 g/mol. The minimum Gasteiger partial charge on any atom is -0.507 e. The fraction of sp³-hybridized carbons (Fsp3) is 0.200. The number of aromatic hydroxyl groups is 3. The van der Waals surface area contributed by atoms with Crippen LogP contribution in [0.4, 0.5) is 0 Å². The van der Waals surface area contributed by atoms with Crippen LogP contribution in [0.3, 0.4) is 0 Å². The fourth-order valence-corrected chi connectivity index (χ4v) is 2.13.